The number of ketones is 1. The Kier molecular flexibility index (Phi) is 6.19. The number of benzene rings is 2. The van der Waals surface area contributed by atoms with Crippen molar-refractivity contribution in [2.45, 2.75) is 17.7 Å². The van der Waals surface area contributed by atoms with Crippen LogP contribution in [-0.2, 0) is 16.4 Å². The van der Waals surface area contributed by atoms with Crippen molar-refractivity contribution in [1.82, 2.24) is 14.7 Å². The van der Waals surface area contributed by atoms with E-state index in [1.165, 1.54) is 12.1 Å². The first-order chi connectivity index (χ1) is 16.9. The van der Waals surface area contributed by atoms with E-state index in [2.05, 4.69) is 20.0 Å². The van der Waals surface area contributed by atoms with Crippen molar-refractivity contribution in [3.05, 3.63) is 96.2 Å². The molecule has 0 saturated heterocycles. The highest BCUT2D eigenvalue weighted by Crippen LogP contribution is 2.39. The maximum absolute atomic E-state index is 13.3. The van der Waals surface area contributed by atoms with E-state index < -0.39 is 15.8 Å². The molecule has 0 amide bonds. The largest absolute Gasteiger partial charge is 0.356 e. The maximum Gasteiger partial charge on any atom is 0.240 e. The lowest BCUT2D eigenvalue weighted by Gasteiger charge is -2.22. The summed E-state index contributed by atoms with van der Waals surface area (Å²) in [6.07, 6.45) is 4.09. The van der Waals surface area contributed by atoms with Crippen molar-refractivity contribution in [1.29, 1.82) is 0 Å². The molecule has 178 valence electrons. The number of anilines is 2. The summed E-state index contributed by atoms with van der Waals surface area (Å²) in [6.45, 7) is 0.0932. The molecule has 0 saturated carbocycles. The standard InChI is InChI=1S/C26H23FN4O3S/c27-19-6-8-21(9-7-19)35(33,34)29-16-17-14-22-24(23(32)15-17)26(30-20-4-2-1-3-5-20)25(31-22)18-10-12-28-13-11-18/h1-13,17,29-31H,14-16H2. The van der Waals surface area contributed by atoms with E-state index in [-0.39, 0.29) is 29.6 Å². The molecule has 0 aliphatic heterocycles. The van der Waals surface area contributed by atoms with E-state index in [0.717, 1.165) is 34.8 Å². The molecule has 0 spiro atoms. The highest BCUT2D eigenvalue weighted by Gasteiger charge is 2.32. The molecule has 9 heteroatoms. The molecule has 2 aromatic carbocycles. The Hall–Kier alpha value is -3.82. The van der Waals surface area contributed by atoms with Crippen LogP contribution in [0.1, 0.15) is 22.5 Å². The van der Waals surface area contributed by atoms with E-state index in [4.69, 9.17) is 0 Å². The minimum atomic E-state index is -3.82. The molecule has 0 fully saturated rings. The second-order valence-corrected chi connectivity index (χ2v) is 10.2. The van der Waals surface area contributed by atoms with Crippen molar-refractivity contribution < 1.29 is 17.6 Å². The second-order valence-electron chi connectivity index (χ2n) is 8.46. The molecular formula is C26H23FN4O3S. The molecule has 3 N–H and O–H groups in total. The third kappa shape index (κ3) is 4.87. The molecule has 0 bridgehead atoms. The highest BCUT2D eigenvalue weighted by atomic mass is 32.2. The van der Waals surface area contributed by atoms with Gasteiger partial charge in [0.1, 0.15) is 5.82 Å². The fourth-order valence-electron chi connectivity index (χ4n) is 4.33. The van der Waals surface area contributed by atoms with Gasteiger partial charge in [0, 0.05) is 42.3 Å². The first-order valence-electron chi connectivity index (χ1n) is 11.2. The Labute approximate surface area is 202 Å². The summed E-state index contributed by atoms with van der Waals surface area (Å²) in [7, 11) is -3.82. The zero-order chi connectivity index (χ0) is 24.4. The Morgan fingerprint density at radius 1 is 0.971 bits per heavy atom. The van der Waals surface area contributed by atoms with Crippen molar-refractivity contribution in [3.8, 4) is 11.3 Å². The summed E-state index contributed by atoms with van der Waals surface area (Å²) in [5, 5.41) is 3.39. The number of pyridine rings is 1. The molecule has 7 nitrogen and oxygen atoms in total. The zero-order valence-electron chi connectivity index (χ0n) is 18.7. The van der Waals surface area contributed by atoms with Crippen LogP contribution in [0.15, 0.2) is 84.0 Å². The molecule has 1 aliphatic carbocycles. The monoisotopic (exact) mass is 490 g/mol. The first-order valence-corrected chi connectivity index (χ1v) is 12.6. The normalized spacial score (nSPS) is 15.6. The van der Waals surface area contributed by atoms with Gasteiger partial charge in [-0.25, -0.2) is 17.5 Å². The number of Topliss-reactive ketones (excluding diaryl/α,β-unsaturated/α-hetero) is 1. The predicted octanol–water partition coefficient (Wildman–Crippen LogP) is 4.68. The van der Waals surface area contributed by atoms with Crippen LogP contribution in [0.25, 0.3) is 11.3 Å². The molecule has 35 heavy (non-hydrogen) atoms. The number of hydrogen-bond donors (Lipinski definition) is 3. The van der Waals surface area contributed by atoms with Crippen LogP contribution >= 0.6 is 0 Å². The van der Waals surface area contributed by atoms with Crippen molar-refractivity contribution >= 4 is 27.2 Å². The van der Waals surface area contributed by atoms with Crippen molar-refractivity contribution in [3.63, 3.8) is 0 Å². The van der Waals surface area contributed by atoms with Gasteiger partial charge in [-0.2, -0.15) is 0 Å². The third-order valence-electron chi connectivity index (χ3n) is 6.02. The Morgan fingerprint density at radius 2 is 1.69 bits per heavy atom. The number of aromatic amines is 1. The maximum atomic E-state index is 13.3. The fraction of sp³-hybridized carbons (Fsp3) is 0.154. The van der Waals surface area contributed by atoms with Crippen LogP contribution in [0.3, 0.4) is 0 Å². The van der Waals surface area contributed by atoms with Crippen molar-refractivity contribution in [2.24, 2.45) is 5.92 Å². The topological polar surface area (TPSA) is 104 Å². The number of carbonyl (C=O) groups is 1. The van der Waals surface area contributed by atoms with Crippen LogP contribution in [0.4, 0.5) is 15.8 Å². The van der Waals surface area contributed by atoms with E-state index in [0.29, 0.717) is 17.7 Å². The van der Waals surface area contributed by atoms with Crippen molar-refractivity contribution in [2.75, 3.05) is 11.9 Å². The average Bonchev–Trinajstić information content (AvgIpc) is 3.23. The smallest absolute Gasteiger partial charge is 0.240 e. The number of halogens is 1. The highest BCUT2D eigenvalue weighted by molar-refractivity contribution is 7.89. The molecule has 5 rings (SSSR count). The van der Waals surface area contributed by atoms with Gasteiger partial charge in [0.05, 0.1) is 21.8 Å². The van der Waals surface area contributed by atoms with Gasteiger partial charge >= 0.3 is 0 Å². The molecule has 1 atom stereocenters. The van der Waals surface area contributed by atoms with Gasteiger partial charge in [0.15, 0.2) is 5.78 Å². The lowest BCUT2D eigenvalue weighted by atomic mass is 9.86. The minimum absolute atomic E-state index is 0.0177. The molecule has 1 unspecified atom stereocenters. The molecule has 4 aromatic rings. The van der Waals surface area contributed by atoms with E-state index in [1.54, 1.807) is 12.4 Å². The van der Waals surface area contributed by atoms with Crippen LogP contribution in [-0.4, -0.2) is 30.7 Å². The van der Waals surface area contributed by atoms with Gasteiger partial charge in [-0.3, -0.25) is 9.78 Å². The fourth-order valence-corrected chi connectivity index (χ4v) is 5.45. The van der Waals surface area contributed by atoms with E-state index in [9.17, 15) is 17.6 Å². The number of nitrogens with one attached hydrogen (secondary N) is 3. The van der Waals surface area contributed by atoms with Crippen LogP contribution in [0.5, 0.6) is 0 Å². The van der Waals surface area contributed by atoms with E-state index in [1.807, 2.05) is 42.5 Å². The minimum Gasteiger partial charge on any atom is -0.356 e. The molecule has 1 aliphatic rings. The SMILES string of the molecule is O=C1CC(CNS(=O)(=O)c2ccc(F)cc2)Cc2[nH]c(-c3ccncc3)c(Nc3ccccc3)c21. The van der Waals surface area contributed by atoms with Gasteiger partial charge in [-0.15, -0.1) is 0 Å². The Bertz CT molecular complexity index is 1450. The number of hydrogen-bond acceptors (Lipinski definition) is 5. The number of sulfonamides is 1. The van der Waals surface area contributed by atoms with Crippen LogP contribution in [0, 0.1) is 11.7 Å². The quantitative estimate of drug-likeness (QED) is 0.349. The molecular weight excluding hydrogens is 467 g/mol. The third-order valence-corrected chi connectivity index (χ3v) is 7.46. The zero-order valence-corrected chi connectivity index (χ0v) is 19.5. The molecule has 2 aromatic heterocycles. The number of carbonyl (C=O) groups excluding carboxylic acids is 1. The van der Waals surface area contributed by atoms with Gasteiger partial charge in [-0.1, -0.05) is 18.2 Å². The number of nitrogens with zero attached hydrogens (tertiary/aromatic N) is 1. The Morgan fingerprint density at radius 3 is 2.40 bits per heavy atom. The summed E-state index contributed by atoms with van der Waals surface area (Å²) in [5.41, 5.74) is 4.58. The molecule has 2 heterocycles. The van der Waals surface area contributed by atoms with Gasteiger partial charge in [-0.05, 0) is 60.9 Å². The van der Waals surface area contributed by atoms with Gasteiger partial charge in [0.25, 0.3) is 0 Å². The van der Waals surface area contributed by atoms with Crippen LogP contribution < -0.4 is 10.0 Å². The summed E-state index contributed by atoms with van der Waals surface area (Å²) in [4.78, 5) is 20.8. The Balaban J connectivity index is 1.42. The molecule has 0 radical (unpaired) electrons. The number of fused-ring (bicyclic) bond motifs is 1. The summed E-state index contributed by atoms with van der Waals surface area (Å²) in [5.74, 6) is -0.794. The lowest BCUT2D eigenvalue weighted by Crippen LogP contribution is -2.33. The number of H-pyrrole nitrogens is 1. The second kappa shape index (κ2) is 9.44. The number of para-hydroxylation sites is 1. The summed E-state index contributed by atoms with van der Waals surface area (Å²) < 4.78 is 41.0. The predicted molar refractivity (Wildman–Crippen MR) is 131 cm³/mol. The first kappa shape index (κ1) is 22.9. The van der Waals surface area contributed by atoms with E-state index >= 15 is 0 Å². The lowest BCUT2D eigenvalue weighted by molar-refractivity contribution is 0.0950. The number of aromatic nitrogens is 2. The van der Waals surface area contributed by atoms with Gasteiger partial charge < -0.3 is 10.3 Å². The summed E-state index contributed by atoms with van der Waals surface area (Å²) >= 11 is 0. The van der Waals surface area contributed by atoms with Gasteiger partial charge in [0.2, 0.25) is 10.0 Å². The number of rotatable bonds is 7. The summed E-state index contributed by atoms with van der Waals surface area (Å²) in [6, 6.07) is 18.0. The average molecular weight is 491 g/mol. The van der Waals surface area contributed by atoms with Crippen LogP contribution in [0.2, 0.25) is 0 Å².